The minimum atomic E-state index is -3.82. The molecule has 1 atom stereocenters. The molecule has 0 saturated heterocycles. The molecule has 3 rings (SSSR count). The van der Waals surface area contributed by atoms with E-state index in [1.54, 1.807) is 0 Å². The van der Waals surface area contributed by atoms with Gasteiger partial charge in [-0.25, -0.2) is 17.9 Å². The lowest BCUT2D eigenvalue weighted by Gasteiger charge is -2.27. The average Bonchev–Trinajstić information content (AvgIpc) is 2.65. The molecule has 0 spiro atoms. The molecule has 0 amide bonds. The summed E-state index contributed by atoms with van der Waals surface area (Å²) in [5, 5.41) is 3.29. The minimum Gasteiger partial charge on any atom is -0.465 e. The first-order valence-electron chi connectivity index (χ1n) is 8.11. The largest absolute Gasteiger partial charge is 0.465 e. The van der Waals surface area contributed by atoms with E-state index in [1.165, 1.54) is 30.9 Å². The Morgan fingerprint density at radius 1 is 1.31 bits per heavy atom. The van der Waals surface area contributed by atoms with Gasteiger partial charge in [0.05, 0.1) is 17.7 Å². The van der Waals surface area contributed by atoms with Gasteiger partial charge in [0.15, 0.2) is 0 Å². The molecule has 0 aromatic heterocycles. The minimum absolute atomic E-state index is 0.0302. The van der Waals surface area contributed by atoms with Crippen LogP contribution in [-0.4, -0.2) is 34.6 Å². The van der Waals surface area contributed by atoms with E-state index in [9.17, 15) is 13.2 Å². The highest BCUT2D eigenvalue weighted by atomic mass is 35.5. The third-order valence-corrected chi connectivity index (χ3v) is 6.24. The number of ether oxygens (including phenoxy) is 1. The molecule has 0 saturated carbocycles. The molecule has 8 heteroatoms. The maximum atomic E-state index is 12.6. The predicted molar refractivity (Wildman–Crippen MR) is 98.9 cm³/mol. The summed E-state index contributed by atoms with van der Waals surface area (Å²) in [5.74, 6) is -0.577. The highest BCUT2D eigenvalue weighted by Gasteiger charge is 2.24. The van der Waals surface area contributed by atoms with Gasteiger partial charge in [-0.2, -0.15) is 0 Å². The molecule has 0 aliphatic carbocycles. The molecule has 0 radical (unpaired) electrons. The normalized spacial score (nSPS) is 16.8. The zero-order chi connectivity index (χ0) is 18.7. The molecular formula is C18H19ClN2O4S. The highest BCUT2D eigenvalue weighted by molar-refractivity contribution is 7.89. The van der Waals surface area contributed by atoms with Crippen molar-refractivity contribution in [3.63, 3.8) is 0 Å². The number of rotatable bonds is 5. The first-order valence-corrected chi connectivity index (χ1v) is 9.97. The van der Waals surface area contributed by atoms with Gasteiger partial charge in [-0.1, -0.05) is 35.9 Å². The number of esters is 1. The Balaban J connectivity index is 1.77. The summed E-state index contributed by atoms with van der Waals surface area (Å²) >= 11 is 6.07. The number of benzene rings is 2. The van der Waals surface area contributed by atoms with Crippen molar-refractivity contribution in [1.29, 1.82) is 0 Å². The maximum Gasteiger partial charge on any atom is 0.337 e. The molecule has 2 N–H and O–H groups in total. The third kappa shape index (κ3) is 3.91. The van der Waals surface area contributed by atoms with E-state index in [0.717, 1.165) is 18.5 Å². The summed E-state index contributed by atoms with van der Waals surface area (Å²) in [6.45, 7) is 0.992. The first-order chi connectivity index (χ1) is 12.4. The van der Waals surface area contributed by atoms with Crippen molar-refractivity contribution in [3.8, 4) is 0 Å². The molecule has 0 bridgehead atoms. The highest BCUT2D eigenvalue weighted by Crippen LogP contribution is 2.25. The second-order valence-corrected chi connectivity index (χ2v) is 8.09. The zero-order valence-electron chi connectivity index (χ0n) is 14.2. The van der Waals surface area contributed by atoms with E-state index in [4.69, 9.17) is 11.6 Å². The Morgan fingerprint density at radius 3 is 2.81 bits per heavy atom. The molecule has 1 heterocycles. The van der Waals surface area contributed by atoms with Crippen LogP contribution in [0.1, 0.15) is 27.5 Å². The number of sulfonamides is 1. The zero-order valence-corrected chi connectivity index (χ0v) is 15.7. The van der Waals surface area contributed by atoms with Crippen molar-refractivity contribution in [2.45, 2.75) is 17.4 Å². The van der Waals surface area contributed by atoms with Crippen LogP contribution < -0.4 is 10.0 Å². The van der Waals surface area contributed by atoms with Crippen LogP contribution in [0.15, 0.2) is 47.4 Å². The summed E-state index contributed by atoms with van der Waals surface area (Å²) in [4.78, 5) is 11.4. The molecule has 1 aliphatic rings. The standard InChI is InChI=1S/C18H19ClN2O4S/c1-25-18(22)13-6-7-17(15(19)10-13)26(23,24)21-11-16-14-5-3-2-4-12(14)8-9-20-16/h2-7,10,16,20-21H,8-9,11H2,1H3. The van der Waals surface area contributed by atoms with Crippen LogP contribution in [0.3, 0.4) is 0 Å². The summed E-state index contributed by atoms with van der Waals surface area (Å²) in [6.07, 6.45) is 0.917. The number of halogens is 1. The molecule has 6 nitrogen and oxygen atoms in total. The van der Waals surface area contributed by atoms with Crippen molar-refractivity contribution in [2.75, 3.05) is 20.2 Å². The van der Waals surface area contributed by atoms with Crippen LogP contribution in [-0.2, 0) is 21.2 Å². The van der Waals surface area contributed by atoms with Crippen LogP contribution in [0.4, 0.5) is 0 Å². The van der Waals surface area contributed by atoms with Gasteiger partial charge in [-0.05, 0) is 42.3 Å². The number of hydrogen-bond acceptors (Lipinski definition) is 5. The Labute approximate surface area is 157 Å². The number of carbonyl (C=O) groups is 1. The second-order valence-electron chi connectivity index (χ2n) is 5.94. The first kappa shape index (κ1) is 18.8. The lowest BCUT2D eigenvalue weighted by atomic mass is 9.95. The topological polar surface area (TPSA) is 84.5 Å². The number of fused-ring (bicyclic) bond motifs is 1. The maximum absolute atomic E-state index is 12.6. The Kier molecular flexibility index (Phi) is 5.62. The SMILES string of the molecule is COC(=O)c1ccc(S(=O)(=O)NCC2NCCc3ccccc32)c(Cl)c1. The smallest absolute Gasteiger partial charge is 0.337 e. The van der Waals surface area contributed by atoms with Gasteiger partial charge in [-0.15, -0.1) is 0 Å². The van der Waals surface area contributed by atoms with Gasteiger partial charge in [0.2, 0.25) is 10.0 Å². The Morgan fingerprint density at radius 2 is 2.08 bits per heavy atom. The van der Waals surface area contributed by atoms with Crippen molar-refractivity contribution >= 4 is 27.6 Å². The fraction of sp³-hybridized carbons (Fsp3) is 0.278. The number of carbonyl (C=O) groups excluding carboxylic acids is 1. The number of methoxy groups -OCH3 is 1. The number of nitrogens with one attached hydrogen (secondary N) is 2. The monoisotopic (exact) mass is 394 g/mol. The second kappa shape index (κ2) is 7.75. The molecule has 1 aliphatic heterocycles. The van der Waals surface area contributed by atoms with Crippen LogP contribution in [0, 0.1) is 0 Å². The summed E-state index contributed by atoms with van der Waals surface area (Å²) in [6, 6.07) is 11.8. The quantitative estimate of drug-likeness (QED) is 0.760. The molecule has 138 valence electrons. The van der Waals surface area contributed by atoms with Gasteiger partial charge < -0.3 is 10.1 Å². The van der Waals surface area contributed by atoms with Gasteiger partial charge in [-0.3, -0.25) is 0 Å². The van der Waals surface area contributed by atoms with E-state index in [1.807, 2.05) is 18.2 Å². The predicted octanol–water partition coefficient (Wildman–Crippen LogP) is 2.29. The molecular weight excluding hydrogens is 376 g/mol. The third-order valence-electron chi connectivity index (χ3n) is 4.34. The van der Waals surface area contributed by atoms with E-state index >= 15 is 0 Å². The van der Waals surface area contributed by atoms with Crippen molar-refractivity contribution in [3.05, 3.63) is 64.2 Å². The molecule has 26 heavy (non-hydrogen) atoms. The average molecular weight is 395 g/mol. The van der Waals surface area contributed by atoms with Gasteiger partial charge in [0, 0.05) is 12.6 Å². The van der Waals surface area contributed by atoms with Crippen LogP contribution in [0.5, 0.6) is 0 Å². The van der Waals surface area contributed by atoms with E-state index in [-0.39, 0.29) is 28.1 Å². The molecule has 2 aromatic rings. The Bertz CT molecular complexity index is 931. The summed E-state index contributed by atoms with van der Waals surface area (Å²) in [5.41, 5.74) is 2.50. The van der Waals surface area contributed by atoms with Crippen LogP contribution >= 0.6 is 11.6 Å². The number of hydrogen-bond donors (Lipinski definition) is 2. The fourth-order valence-corrected chi connectivity index (χ4v) is 4.60. The summed E-state index contributed by atoms with van der Waals surface area (Å²) < 4.78 is 32.4. The Hall–Kier alpha value is -1.93. The van der Waals surface area contributed by atoms with Gasteiger partial charge in [0.1, 0.15) is 4.90 Å². The van der Waals surface area contributed by atoms with Crippen molar-refractivity contribution in [1.82, 2.24) is 10.0 Å². The van der Waals surface area contributed by atoms with E-state index < -0.39 is 16.0 Å². The lowest BCUT2D eigenvalue weighted by molar-refractivity contribution is 0.0600. The lowest BCUT2D eigenvalue weighted by Crippen LogP contribution is -2.38. The van der Waals surface area contributed by atoms with Gasteiger partial charge >= 0.3 is 5.97 Å². The van der Waals surface area contributed by atoms with E-state index in [2.05, 4.69) is 20.8 Å². The van der Waals surface area contributed by atoms with Crippen molar-refractivity contribution < 1.29 is 17.9 Å². The van der Waals surface area contributed by atoms with Gasteiger partial charge in [0.25, 0.3) is 0 Å². The summed E-state index contributed by atoms with van der Waals surface area (Å²) in [7, 11) is -2.57. The van der Waals surface area contributed by atoms with Crippen LogP contribution in [0.25, 0.3) is 0 Å². The fourth-order valence-electron chi connectivity index (χ4n) is 3.01. The van der Waals surface area contributed by atoms with Crippen molar-refractivity contribution in [2.24, 2.45) is 0 Å². The van der Waals surface area contributed by atoms with Crippen LogP contribution in [0.2, 0.25) is 5.02 Å². The molecule has 0 fully saturated rings. The molecule has 1 unspecified atom stereocenters. The van der Waals surface area contributed by atoms with E-state index in [0.29, 0.717) is 0 Å². The molecule has 2 aromatic carbocycles.